The molecular formula is C21H28N2OS. The molecule has 134 valence electrons. The lowest BCUT2D eigenvalue weighted by Crippen LogP contribution is -2.36. The van der Waals surface area contributed by atoms with Crippen LogP contribution in [-0.2, 0) is 15.6 Å². The molecule has 0 bridgehead atoms. The van der Waals surface area contributed by atoms with Crippen molar-refractivity contribution < 1.29 is 4.79 Å². The van der Waals surface area contributed by atoms with E-state index < -0.39 is 0 Å². The molecule has 1 heterocycles. The molecule has 1 atom stereocenters. The van der Waals surface area contributed by atoms with E-state index in [1.54, 1.807) is 11.3 Å². The summed E-state index contributed by atoms with van der Waals surface area (Å²) in [7, 11) is 0. The first-order valence-electron chi connectivity index (χ1n) is 8.99. The average molecular weight is 357 g/mol. The van der Waals surface area contributed by atoms with Gasteiger partial charge in [0.2, 0.25) is 5.91 Å². The number of nitrogens with zero attached hydrogens (tertiary/aromatic N) is 1. The zero-order valence-corrected chi connectivity index (χ0v) is 16.9. The molecule has 0 aliphatic heterocycles. The van der Waals surface area contributed by atoms with Gasteiger partial charge >= 0.3 is 0 Å². The maximum atomic E-state index is 13.0. The third kappa shape index (κ3) is 3.50. The Morgan fingerprint density at radius 2 is 1.80 bits per heavy atom. The van der Waals surface area contributed by atoms with Gasteiger partial charge in [-0.15, -0.1) is 11.3 Å². The van der Waals surface area contributed by atoms with Gasteiger partial charge in [-0.2, -0.15) is 0 Å². The number of benzene rings is 1. The molecule has 1 N–H and O–H groups in total. The fourth-order valence-corrected chi connectivity index (χ4v) is 4.34. The first-order chi connectivity index (χ1) is 11.6. The fraction of sp³-hybridized carbons (Fsp3) is 0.524. The van der Waals surface area contributed by atoms with Crippen molar-refractivity contribution in [2.24, 2.45) is 0 Å². The van der Waals surface area contributed by atoms with Crippen molar-refractivity contribution in [3.05, 3.63) is 51.0 Å². The van der Waals surface area contributed by atoms with E-state index in [4.69, 9.17) is 0 Å². The van der Waals surface area contributed by atoms with Crippen LogP contribution in [0.1, 0.15) is 73.3 Å². The number of rotatable bonds is 4. The van der Waals surface area contributed by atoms with Gasteiger partial charge in [-0.05, 0) is 50.2 Å². The second-order valence-corrected chi connectivity index (χ2v) is 9.52. The molecule has 1 aromatic heterocycles. The predicted molar refractivity (Wildman–Crippen MR) is 104 cm³/mol. The Morgan fingerprint density at radius 3 is 2.24 bits per heavy atom. The van der Waals surface area contributed by atoms with Crippen LogP contribution in [0.4, 0.5) is 0 Å². The van der Waals surface area contributed by atoms with Gasteiger partial charge in [0, 0.05) is 4.88 Å². The van der Waals surface area contributed by atoms with Crippen LogP contribution in [0.3, 0.4) is 0 Å². The molecule has 0 unspecified atom stereocenters. The van der Waals surface area contributed by atoms with Crippen LogP contribution < -0.4 is 5.32 Å². The Hall–Kier alpha value is -1.68. The van der Waals surface area contributed by atoms with Gasteiger partial charge in [0.05, 0.1) is 22.2 Å². The molecule has 0 saturated heterocycles. The van der Waals surface area contributed by atoms with Crippen LogP contribution in [0, 0.1) is 13.8 Å². The minimum Gasteiger partial charge on any atom is -0.348 e. The summed E-state index contributed by atoms with van der Waals surface area (Å²) in [5.74, 6) is 0.147. The monoisotopic (exact) mass is 356 g/mol. The predicted octanol–water partition coefficient (Wildman–Crippen LogP) is 4.97. The molecule has 25 heavy (non-hydrogen) atoms. The zero-order valence-electron chi connectivity index (χ0n) is 16.1. The Bertz CT molecular complexity index is 779. The van der Waals surface area contributed by atoms with Gasteiger partial charge in [-0.3, -0.25) is 4.79 Å². The van der Waals surface area contributed by atoms with Crippen molar-refractivity contribution in [2.45, 2.75) is 71.3 Å². The van der Waals surface area contributed by atoms with Crippen LogP contribution in [0.25, 0.3) is 0 Å². The van der Waals surface area contributed by atoms with E-state index >= 15 is 0 Å². The van der Waals surface area contributed by atoms with Gasteiger partial charge in [0.25, 0.3) is 0 Å². The Kier molecular flexibility index (Phi) is 4.52. The molecular weight excluding hydrogens is 328 g/mol. The van der Waals surface area contributed by atoms with Crippen molar-refractivity contribution in [2.75, 3.05) is 0 Å². The van der Waals surface area contributed by atoms with Gasteiger partial charge in [-0.1, -0.05) is 45.0 Å². The number of aryl methyl sites for hydroxylation is 2. The SMILES string of the molecule is Cc1nc(C)c([C@H](C)NC(=O)C2(c3ccc(C(C)(C)C)cc3)CC2)s1. The van der Waals surface area contributed by atoms with Crippen molar-refractivity contribution in [1.82, 2.24) is 10.3 Å². The maximum absolute atomic E-state index is 13.0. The van der Waals surface area contributed by atoms with Crippen LogP contribution in [0.2, 0.25) is 0 Å². The normalized spacial score (nSPS) is 17.2. The molecule has 1 amide bonds. The highest BCUT2D eigenvalue weighted by molar-refractivity contribution is 7.11. The molecule has 1 fully saturated rings. The lowest BCUT2D eigenvalue weighted by atomic mass is 9.85. The van der Waals surface area contributed by atoms with E-state index in [0.29, 0.717) is 0 Å². The van der Waals surface area contributed by atoms with Crippen molar-refractivity contribution in [3.8, 4) is 0 Å². The van der Waals surface area contributed by atoms with E-state index in [0.717, 1.165) is 34.0 Å². The van der Waals surface area contributed by atoms with E-state index in [9.17, 15) is 4.79 Å². The summed E-state index contributed by atoms with van der Waals surface area (Å²) in [6.45, 7) is 12.7. The summed E-state index contributed by atoms with van der Waals surface area (Å²) in [5.41, 5.74) is 3.26. The smallest absolute Gasteiger partial charge is 0.231 e. The summed E-state index contributed by atoms with van der Waals surface area (Å²) in [6.07, 6.45) is 1.86. The largest absolute Gasteiger partial charge is 0.348 e. The van der Waals surface area contributed by atoms with Crippen LogP contribution in [0.15, 0.2) is 24.3 Å². The van der Waals surface area contributed by atoms with Crippen molar-refractivity contribution >= 4 is 17.2 Å². The van der Waals surface area contributed by atoms with E-state index in [-0.39, 0.29) is 22.8 Å². The number of hydrogen-bond donors (Lipinski definition) is 1. The molecule has 4 heteroatoms. The summed E-state index contributed by atoms with van der Waals surface area (Å²) in [6, 6.07) is 8.62. The second kappa shape index (κ2) is 6.24. The lowest BCUT2D eigenvalue weighted by molar-refractivity contribution is -0.124. The first kappa shape index (κ1) is 18.1. The quantitative estimate of drug-likeness (QED) is 0.840. The topological polar surface area (TPSA) is 42.0 Å². The number of aromatic nitrogens is 1. The van der Waals surface area contributed by atoms with E-state index in [1.807, 2.05) is 13.8 Å². The highest BCUT2D eigenvalue weighted by Crippen LogP contribution is 2.49. The summed E-state index contributed by atoms with van der Waals surface area (Å²) < 4.78 is 0. The van der Waals surface area contributed by atoms with Crippen LogP contribution >= 0.6 is 11.3 Å². The number of carbonyl (C=O) groups excluding carboxylic acids is 1. The molecule has 3 nitrogen and oxygen atoms in total. The molecule has 0 radical (unpaired) electrons. The highest BCUT2D eigenvalue weighted by Gasteiger charge is 2.51. The highest BCUT2D eigenvalue weighted by atomic mass is 32.1. The van der Waals surface area contributed by atoms with E-state index in [2.05, 4.69) is 62.3 Å². The number of hydrogen-bond acceptors (Lipinski definition) is 3. The lowest BCUT2D eigenvalue weighted by Gasteiger charge is -2.22. The fourth-order valence-electron chi connectivity index (χ4n) is 3.41. The molecule has 3 rings (SSSR count). The van der Waals surface area contributed by atoms with Crippen molar-refractivity contribution in [3.63, 3.8) is 0 Å². The summed E-state index contributed by atoms with van der Waals surface area (Å²) in [4.78, 5) is 18.6. The number of amides is 1. The number of carbonyl (C=O) groups is 1. The van der Waals surface area contributed by atoms with Gasteiger partial charge in [0.15, 0.2) is 0 Å². The van der Waals surface area contributed by atoms with Crippen LogP contribution in [0.5, 0.6) is 0 Å². The summed E-state index contributed by atoms with van der Waals surface area (Å²) in [5, 5.41) is 4.28. The zero-order chi connectivity index (χ0) is 18.4. The van der Waals surface area contributed by atoms with Gasteiger partial charge in [0.1, 0.15) is 0 Å². The molecule has 1 aliphatic carbocycles. The molecule has 1 aliphatic rings. The Balaban J connectivity index is 1.76. The van der Waals surface area contributed by atoms with E-state index in [1.165, 1.54) is 5.56 Å². The maximum Gasteiger partial charge on any atom is 0.231 e. The average Bonchev–Trinajstić information content (AvgIpc) is 3.27. The first-order valence-corrected chi connectivity index (χ1v) is 9.81. The minimum absolute atomic E-state index is 0.00465. The van der Waals surface area contributed by atoms with Crippen LogP contribution in [-0.4, -0.2) is 10.9 Å². The molecule has 0 spiro atoms. The standard InChI is InChI=1S/C21H28N2OS/c1-13-18(25-15(3)22-13)14(2)23-19(24)21(11-12-21)17-9-7-16(8-10-17)20(4,5)6/h7-10,14H,11-12H2,1-6H3,(H,23,24)/t14-/m0/s1. The number of nitrogens with one attached hydrogen (secondary N) is 1. The Labute approximate surface area is 154 Å². The van der Waals surface area contributed by atoms with Gasteiger partial charge < -0.3 is 5.32 Å². The third-order valence-electron chi connectivity index (χ3n) is 5.17. The minimum atomic E-state index is -0.335. The second-order valence-electron chi connectivity index (χ2n) is 8.29. The molecule has 1 saturated carbocycles. The number of thiazole rings is 1. The van der Waals surface area contributed by atoms with Gasteiger partial charge in [-0.25, -0.2) is 4.98 Å². The molecule has 1 aromatic carbocycles. The molecule has 2 aromatic rings. The Morgan fingerprint density at radius 1 is 1.20 bits per heavy atom. The van der Waals surface area contributed by atoms with Crippen molar-refractivity contribution in [1.29, 1.82) is 0 Å². The summed E-state index contributed by atoms with van der Waals surface area (Å²) >= 11 is 1.67. The third-order valence-corrected chi connectivity index (χ3v) is 6.42.